The van der Waals surface area contributed by atoms with Gasteiger partial charge in [0.15, 0.2) is 0 Å². The molecular weight excluding hydrogens is 350 g/mol. The zero-order valence-electron chi connectivity index (χ0n) is 16.3. The number of carbonyl (C=O) groups excluding carboxylic acids is 2. The summed E-state index contributed by atoms with van der Waals surface area (Å²) in [5, 5.41) is 5.86. The molecule has 148 valence electrons. The van der Waals surface area contributed by atoms with Crippen LogP contribution in [0.4, 0.5) is 11.4 Å². The van der Waals surface area contributed by atoms with Gasteiger partial charge in [0.05, 0.1) is 6.54 Å². The van der Waals surface area contributed by atoms with Crippen LogP contribution in [0.1, 0.15) is 37.7 Å². The Balaban J connectivity index is 1.47. The zero-order valence-corrected chi connectivity index (χ0v) is 16.3. The smallest absolute Gasteiger partial charge is 0.238 e. The number of rotatable bonds is 7. The van der Waals surface area contributed by atoms with E-state index in [0.29, 0.717) is 30.8 Å². The molecule has 1 saturated heterocycles. The molecule has 2 aromatic rings. The molecule has 0 radical (unpaired) electrons. The van der Waals surface area contributed by atoms with Gasteiger partial charge < -0.3 is 10.6 Å². The fourth-order valence-electron chi connectivity index (χ4n) is 3.50. The first-order valence-electron chi connectivity index (χ1n) is 10.1. The van der Waals surface area contributed by atoms with Crippen molar-refractivity contribution in [3.63, 3.8) is 0 Å². The number of nitrogens with one attached hydrogen (secondary N) is 2. The predicted octanol–water partition coefficient (Wildman–Crippen LogP) is 4.07. The van der Waals surface area contributed by atoms with Gasteiger partial charge in [0.2, 0.25) is 11.8 Å². The van der Waals surface area contributed by atoms with Gasteiger partial charge in [-0.15, -0.1) is 0 Å². The fraction of sp³-hybridized carbons (Fsp3) is 0.391. The van der Waals surface area contributed by atoms with Gasteiger partial charge >= 0.3 is 0 Å². The van der Waals surface area contributed by atoms with Gasteiger partial charge in [0.1, 0.15) is 0 Å². The third kappa shape index (κ3) is 6.82. The standard InChI is InChI=1S/C23H29N3O2/c27-22(14-13-19-9-4-3-5-10-19)24-20-11-8-12-21(17-20)25-23(28)18-26-15-6-1-2-7-16-26/h3-5,8-12,17H,1-2,6-7,13-16,18H2,(H,24,27)(H,25,28). The molecule has 0 spiro atoms. The highest BCUT2D eigenvalue weighted by Gasteiger charge is 2.13. The van der Waals surface area contributed by atoms with Gasteiger partial charge in [-0.25, -0.2) is 0 Å². The average molecular weight is 380 g/mol. The summed E-state index contributed by atoms with van der Waals surface area (Å²) >= 11 is 0. The van der Waals surface area contributed by atoms with E-state index in [1.807, 2.05) is 48.5 Å². The first kappa shape index (κ1) is 20.1. The van der Waals surface area contributed by atoms with E-state index in [1.165, 1.54) is 12.8 Å². The third-order valence-corrected chi connectivity index (χ3v) is 4.98. The molecule has 0 aromatic heterocycles. The Labute approximate surface area is 167 Å². The van der Waals surface area contributed by atoms with E-state index in [9.17, 15) is 9.59 Å². The van der Waals surface area contributed by atoms with Crippen molar-refractivity contribution >= 4 is 23.2 Å². The molecule has 0 atom stereocenters. The second-order valence-corrected chi connectivity index (χ2v) is 7.35. The molecule has 5 heteroatoms. The van der Waals surface area contributed by atoms with E-state index in [4.69, 9.17) is 0 Å². The monoisotopic (exact) mass is 379 g/mol. The van der Waals surface area contributed by atoms with E-state index >= 15 is 0 Å². The highest BCUT2D eigenvalue weighted by atomic mass is 16.2. The summed E-state index contributed by atoms with van der Waals surface area (Å²) in [5.41, 5.74) is 2.55. The first-order valence-corrected chi connectivity index (χ1v) is 10.1. The number of hydrogen-bond donors (Lipinski definition) is 2. The van der Waals surface area contributed by atoms with Crippen LogP contribution in [0.2, 0.25) is 0 Å². The van der Waals surface area contributed by atoms with Crippen molar-refractivity contribution < 1.29 is 9.59 Å². The molecule has 2 N–H and O–H groups in total. The van der Waals surface area contributed by atoms with Gasteiger partial charge in [-0.2, -0.15) is 0 Å². The van der Waals surface area contributed by atoms with Gasteiger partial charge in [-0.1, -0.05) is 49.2 Å². The van der Waals surface area contributed by atoms with E-state index in [2.05, 4.69) is 15.5 Å². The maximum Gasteiger partial charge on any atom is 0.238 e. The lowest BCUT2D eigenvalue weighted by Crippen LogP contribution is -2.33. The Morgan fingerprint density at radius 2 is 1.43 bits per heavy atom. The molecule has 1 aliphatic rings. The van der Waals surface area contributed by atoms with Crippen molar-refractivity contribution in [1.29, 1.82) is 0 Å². The molecule has 1 fully saturated rings. The highest BCUT2D eigenvalue weighted by Crippen LogP contribution is 2.16. The summed E-state index contributed by atoms with van der Waals surface area (Å²) in [7, 11) is 0. The lowest BCUT2D eigenvalue weighted by Gasteiger charge is -2.19. The largest absolute Gasteiger partial charge is 0.326 e. The molecule has 0 unspecified atom stereocenters. The van der Waals surface area contributed by atoms with Gasteiger partial charge in [-0.05, 0) is 56.1 Å². The average Bonchev–Trinajstić information content (AvgIpc) is 2.96. The fourth-order valence-corrected chi connectivity index (χ4v) is 3.50. The van der Waals surface area contributed by atoms with Crippen molar-refractivity contribution in [2.45, 2.75) is 38.5 Å². The van der Waals surface area contributed by atoms with Gasteiger partial charge in [0, 0.05) is 17.8 Å². The molecule has 0 aliphatic carbocycles. The number of benzene rings is 2. The SMILES string of the molecule is O=C(CCc1ccccc1)Nc1cccc(NC(=O)CN2CCCCCC2)c1. The first-order chi connectivity index (χ1) is 13.7. The van der Waals surface area contributed by atoms with Gasteiger partial charge in [-0.3, -0.25) is 14.5 Å². The molecular formula is C23H29N3O2. The van der Waals surface area contributed by atoms with E-state index < -0.39 is 0 Å². The van der Waals surface area contributed by atoms with Crippen molar-refractivity contribution in [2.24, 2.45) is 0 Å². The number of nitrogens with zero attached hydrogens (tertiary/aromatic N) is 1. The molecule has 1 heterocycles. The number of amides is 2. The topological polar surface area (TPSA) is 61.4 Å². The molecule has 5 nitrogen and oxygen atoms in total. The molecule has 0 saturated carbocycles. The third-order valence-electron chi connectivity index (χ3n) is 4.98. The second kappa shape index (κ2) is 10.6. The molecule has 1 aliphatic heterocycles. The molecule has 3 rings (SSSR count). The Morgan fingerprint density at radius 3 is 2.11 bits per heavy atom. The van der Waals surface area contributed by atoms with Crippen molar-refractivity contribution in [3.8, 4) is 0 Å². The summed E-state index contributed by atoms with van der Waals surface area (Å²) < 4.78 is 0. The Hall–Kier alpha value is -2.66. The number of likely N-dealkylation sites (tertiary alicyclic amines) is 1. The summed E-state index contributed by atoms with van der Waals surface area (Å²) in [5.74, 6) is -0.0358. The van der Waals surface area contributed by atoms with Crippen molar-refractivity contribution in [3.05, 3.63) is 60.2 Å². The summed E-state index contributed by atoms with van der Waals surface area (Å²) in [6.07, 6.45) is 5.97. The normalized spacial score (nSPS) is 14.9. The molecule has 0 bridgehead atoms. The Bertz CT molecular complexity index is 768. The maximum atomic E-state index is 12.3. The number of aryl methyl sites for hydroxylation is 1. The number of carbonyl (C=O) groups is 2. The van der Waals surface area contributed by atoms with E-state index in [-0.39, 0.29) is 11.8 Å². The van der Waals surface area contributed by atoms with Crippen LogP contribution in [0.3, 0.4) is 0 Å². The van der Waals surface area contributed by atoms with Crippen LogP contribution in [0.5, 0.6) is 0 Å². The van der Waals surface area contributed by atoms with Crippen LogP contribution in [0.25, 0.3) is 0 Å². The van der Waals surface area contributed by atoms with Crippen LogP contribution in [-0.4, -0.2) is 36.3 Å². The minimum atomic E-state index is -0.0307. The quantitative estimate of drug-likeness (QED) is 0.762. The summed E-state index contributed by atoms with van der Waals surface area (Å²) in [6, 6.07) is 17.3. The highest BCUT2D eigenvalue weighted by molar-refractivity contribution is 5.94. The lowest BCUT2D eigenvalue weighted by atomic mass is 10.1. The van der Waals surface area contributed by atoms with E-state index in [0.717, 1.165) is 31.5 Å². The Kier molecular flexibility index (Phi) is 7.62. The zero-order chi connectivity index (χ0) is 19.6. The van der Waals surface area contributed by atoms with Crippen molar-refractivity contribution in [2.75, 3.05) is 30.3 Å². The maximum absolute atomic E-state index is 12.3. The van der Waals surface area contributed by atoms with Crippen LogP contribution in [0, 0.1) is 0 Å². The number of hydrogen-bond acceptors (Lipinski definition) is 3. The minimum Gasteiger partial charge on any atom is -0.326 e. The van der Waals surface area contributed by atoms with Crippen molar-refractivity contribution in [1.82, 2.24) is 4.90 Å². The second-order valence-electron chi connectivity index (χ2n) is 7.35. The van der Waals surface area contributed by atoms with Crippen LogP contribution in [-0.2, 0) is 16.0 Å². The lowest BCUT2D eigenvalue weighted by molar-refractivity contribution is -0.117. The molecule has 2 amide bonds. The number of anilines is 2. The van der Waals surface area contributed by atoms with E-state index in [1.54, 1.807) is 6.07 Å². The van der Waals surface area contributed by atoms with Crippen LogP contribution < -0.4 is 10.6 Å². The predicted molar refractivity (Wildman–Crippen MR) is 113 cm³/mol. The summed E-state index contributed by atoms with van der Waals surface area (Å²) in [4.78, 5) is 26.8. The van der Waals surface area contributed by atoms with Gasteiger partial charge in [0.25, 0.3) is 0 Å². The summed E-state index contributed by atoms with van der Waals surface area (Å²) in [6.45, 7) is 2.41. The Morgan fingerprint density at radius 1 is 0.786 bits per heavy atom. The molecule has 28 heavy (non-hydrogen) atoms. The van der Waals surface area contributed by atoms with Crippen LogP contribution in [0.15, 0.2) is 54.6 Å². The van der Waals surface area contributed by atoms with Crippen LogP contribution >= 0.6 is 0 Å². The molecule has 2 aromatic carbocycles. The minimum absolute atomic E-state index is 0.00514.